The number of anilines is 1. The summed E-state index contributed by atoms with van der Waals surface area (Å²) in [5.41, 5.74) is 3.35. The van der Waals surface area contributed by atoms with Gasteiger partial charge in [0.1, 0.15) is 9.90 Å². The van der Waals surface area contributed by atoms with Crippen molar-refractivity contribution in [3.8, 4) is 10.6 Å². The number of nitrogens with zero attached hydrogens (tertiary/aromatic N) is 1. The maximum absolute atomic E-state index is 12.4. The van der Waals surface area contributed by atoms with Crippen molar-refractivity contribution >= 4 is 27.0 Å². The molecule has 0 aliphatic heterocycles. The van der Waals surface area contributed by atoms with E-state index in [-0.39, 0.29) is 4.21 Å². The lowest BCUT2D eigenvalue weighted by molar-refractivity contribution is 0.603. The van der Waals surface area contributed by atoms with Crippen LogP contribution in [0.5, 0.6) is 0 Å². The number of aromatic amines is 1. The van der Waals surface area contributed by atoms with E-state index in [1.165, 1.54) is 11.3 Å². The Balaban J connectivity index is 1.91. The molecule has 0 radical (unpaired) electrons. The Morgan fingerprint density at radius 3 is 2.45 bits per heavy atom. The molecule has 2 aromatic heterocycles. The first kappa shape index (κ1) is 14.8. The fraction of sp³-hybridized carbons (Fsp3) is 0.133. The van der Waals surface area contributed by atoms with Crippen LogP contribution < -0.4 is 4.72 Å². The number of para-hydroxylation sites is 1. The summed E-state index contributed by atoms with van der Waals surface area (Å²) in [5.74, 6) is 0. The third-order valence-electron chi connectivity index (χ3n) is 3.36. The second kappa shape index (κ2) is 5.58. The molecule has 0 amide bonds. The van der Waals surface area contributed by atoms with Gasteiger partial charge < -0.3 is 0 Å². The van der Waals surface area contributed by atoms with Crippen molar-refractivity contribution in [1.29, 1.82) is 0 Å². The number of aromatic nitrogens is 2. The minimum atomic E-state index is -3.58. The largest absolute Gasteiger partial charge is 0.282 e. The van der Waals surface area contributed by atoms with Crippen LogP contribution in [0, 0.1) is 13.8 Å². The molecule has 3 rings (SSSR count). The van der Waals surface area contributed by atoms with Crippen molar-refractivity contribution in [2.75, 3.05) is 4.72 Å². The molecule has 0 atom stereocenters. The smallest absolute Gasteiger partial charge is 0.271 e. The average molecular weight is 333 g/mol. The Hall–Kier alpha value is -2.12. The van der Waals surface area contributed by atoms with E-state index in [0.717, 1.165) is 21.8 Å². The molecule has 22 heavy (non-hydrogen) atoms. The minimum Gasteiger partial charge on any atom is -0.282 e. The van der Waals surface area contributed by atoms with Crippen LogP contribution in [0.3, 0.4) is 0 Å². The van der Waals surface area contributed by atoms with Gasteiger partial charge in [-0.2, -0.15) is 5.10 Å². The average Bonchev–Trinajstić information content (AvgIpc) is 3.09. The minimum absolute atomic E-state index is 0.270. The van der Waals surface area contributed by atoms with Gasteiger partial charge >= 0.3 is 0 Å². The molecule has 2 heterocycles. The second-order valence-electron chi connectivity index (χ2n) is 4.91. The summed E-state index contributed by atoms with van der Waals surface area (Å²) in [5, 5.41) is 7.15. The van der Waals surface area contributed by atoms with Crippen molar-refractivity contribution in [2.24, 2.45) is 0 Å². The Morgan fingerprint density at radius 2 is 1.82 bits per heavy atom. The lowest BCUT2D eigenvalue weighted by Gasteiger charge is -2.05. The molecular weight excluding hydrogens is 318 g/mol. The molecule has 7 heteroatoms. The zero-order valence-electron chi connectivity index (χ0n) is 12.1. The van der Waals surface area contributed by atoms with E-state index in [1.54, 1.807) is 36.4 Å². The molecule has 2 N–H and O–H groups in total. The highest BCUT2D eigenvalue weighted by Gasteiger charge is 2.19. The molecule has 0 aliphatic rings. The summed E-state index contributed by atoms with van der Waals surface area (Å²) in [7, 11) is -3.58. The van der Waals surface area contributed by atoms with E-state index in [2.05, 4.69) is 14.9 Å². The predicted molar refractivity (Wildman–Crippen MR) is 88.6 cm³/mol. The fourth-order valence-electron chi connectivity index (χ4n) is 2.03. The van der Waals surface area contributed by atoms with E-state index in [4.69, 9.17) is 0 Å². The number of hydrogen-bond donors (Lipinski definition) is 2. The summed E-state index contributed by atoms with van der Waals surface area (Å²) in [6.45, 7) is 3.90. The Kier molecular flexibility index (Phi) is 3.76. The van der Waals surface area contributed by atoms with E-state index < -0.39 is 10.0 Å². The highest BCUT2D eigenvalue weighted by Crippen LogP contribution is 2.32. The van der Waals surface area contributed by atoms with E-state index in [0.29, 0.717) is 5.69 Å². The fourth-order valence-corrected chi connectivity index (χ4v) is 4.44. The van der Waals surface area contributed by atoms with Crippen molar-refractivity contribution in [3.05, 3.63) is 53.7 Å². The number of benzene rings is 1. The van der Waals surface area contributed by atoms with Crippen molar-refractivity contribution in [3.63, 3.8) is 0 Å². The number of sulfonamides is 1. The molecule has 0 unspecified atom stereocenters. The van der Waals surface area contributed by atoms with Crippen LogP contribution in [0.15, 0.2) is 46.7 Å². The van der Waals surface area contributed by atoms with Gasteiger partial charge in [0, 0.05) is 11.4 Å². The quantitative estimate of drug-likeness (QED) is 0.766. The summed E-state index contributed by atoms with van der Waals surface area (Å²) in [4.78, 5) is 0.829. The van der Waals surface area contributed by atoms with Crippen LogP contribution in [0.25, 0.3) is 10.6 Å². The molecule has 0 aliphatic carbocycles. The first-order chi connectivity index (χ1) is 10.5. The lowest BCUT2D eigenvalue weighted by Crippen LogP contribution is -2.11. The van der Waals surface area contributed by atoms with Gasteiger partial charge in [-0.1, -0.05) is 18.2 Å². The van der Waals surface area contributed by atoms with Gasteiger partial charge in [-0.25, -0.2) is 8.42 Å². The highest BCUT2D eigenvalue weighted by atomic mass is 32.2. The highest BCUT2D eigenvalue weighted by molar-refractivity contribution is 7.94. The Bertz CT molecular complexity index is 896. The number of nitrogens with one attached hydrogen (secondary N) is 2. The predicted octanol–water partition coefficient (Wildman–Crippen LogP) is 3.56. The molecule has 5 nitrogen and oxygen atoms in total. The van der Waals surface area contributed by atoms with Gasteiger partial charge in [0.2, 0.25) is 0 Å². The molecule has 1 aromatic carbocycles. The van der Waals surface area contributed by atoms with Crippen molar-refractivity contribution in [1.82, 2.24) is 10.2 Å². The Labute approximate surface area is 133 Å². The van der Waals surface area contributed by atoms with E-state index >= 15 is 0 Å². The third-order valence-corrected chi connectivity index (χ3v) is 6.32. The van der Waals surface area contributed by atoms with Gasteiger partial charge in [0.15, 0.2) is 0 Å². The van der Waals surface area contributed by atoms with Crippen molar-refractivity contribution in [2.45, 2.75) is 18.1 Å². The van der Waals surface area contributed by atoms with Crippen LogP contribution in [0.1, 0.15) is 11.3 Å². The molecule has 0 saturated carbocycles. The normalized spacial score (nSPS) is 11.5. The summed E-state index contributed by atoms with van der Waals surface area (Å²) < 4.78 is 27.7. The topological polar surface area (TPSA) is 74.8 Å². The zero-order chi connectivity index (χ0) is 15.7. The molecule has 3 aromatic rings. The standard InChI is InChI=1S/C15H15N3O2S2/c1-10-11(2)16-17-15(10)13-8-9-14(21-13)22(19,20)18-12-6-4-3-5-7-12/h3-9,18H,1-2H3,(H,16,17). The second-order valence-corrected chi connectivity index (χ2v) is 7.91. The zero-order valence-corrected chi connectivity index (χ0v) is 13.8. The molecule has 0 saturated heterocycles. The molecular formula is C15H15N3O2S2. The number of aryl methyl sites for hydroxylation is 1. The van der Waals surface area contributed by atoms with E-state index in [1.807, 2.05) is 19.9 Å². The SMILES string of the molecule is Cc1[nH]nc(-c2ccc(S(=O)(=O)Nc3ccccc3)s2)c1C. The number of H-pyrrole nitrogens is 1. The van der Waals surface area contributed by atoms with Crippen LogP contribution >= 0.6 is 11.3 Å². The summed E-state index contributed by atoms with van der Waals surface area (Å²) in [6, 6.07) is 12.2. The summed E-state index contributed by atoms with van der Waals surface area (Å²) in [6.07, 6.45) is 0. The van der Waals surface area contributed by atoms with Crippen LogP contribution in [-0.2, 0) is 10.0 Å². The van der Waals surface area contributed by atoms with Crippen LogP contribution in [0.2, 0.25) is 0 Å². The van der Waals surface area contributed by atoms with Gasteiger partial charge in [0.25, 0.3) is 10.0 Å². The monoisotopic (exact) mass is 333 g/mol. The molecule has 114 valence electrons. The first-order valence-electron chi connectivity index (χ1n) is 6.67. The lowest BCUT2D eigenvalue weighted by atomic mass is 10.2. The molecule has 0 bridgehead atoms. The maximum Gasteiger partial charge on any atom is 0.271 e. The maximum atomic E-state index is 12.4. The number of rotatable bonds is 4. The van der Waals surface area contributed by atoms with Crippen molar-refractivity contribution < 1.29 is 8.42 Å². The van der Waals surface area contributed by atoms with Gasteiger partial charge in [-0.15, -0.1) is 11.3 Å². The van der Waals surface area contributed by atoms with Crippen LogP contribution in [0.4, 0.5) is 5.69 Å². The van der Waals surface area contributed by atoms with Gasteiger partial charge in [-0.3, -0.25) is 9.82 Å². The number of thiophene rings is 1. The molecule has 0 spiro atoms. The molecule has 0 fully saturated rings. The summed E-state index contributed by atoms with van der Waals surface area (Å²) >= 11 is 1.21. The van der Waals surface area contributed by atoms with Gasteiger partial charge in [-0.05, 0) is 43.7 Å². The Morgan fingerprint density at radius 1 is 1.09 bits per heavy atom. The first-order valence-corrected chi connectivity index (χ1v) is 8.97. The number of hydrogen-bond acceptors (Lipinski definition) is 4. The van der Waals surface area contributed by atoms with E-state index in [9.17, 15) is 8.42 Å². The third kappa shape index (κ3) is 2.77. The van der Waals surface area contributed by atoms with Gasteiger partial charge in [0.05, 0.1) is 4.88 Å². The van der Waals surface area contributed by atoms with Crippen LogP contribution in [-0.4, -0.2) is 18.6 Å².